The van der Waals surface area contributed by atoms with Gasteiger partial charge in [0.2, 0.25) is 5.91 Å². The van der Waals surface area contributed by atoms with Gasteiger partial charge in [0.05, 0.1) is 6.54 Å². The lowest BCUT2D eigenvalue weighted by Gasteiger charge is -2.35. The highest BCUT2D eigenvalue weighted by atomic mass is 16.2. The Balaban J connectivity index is 1.41. The van der Waals surface area contributed by atoms with Gasteiger partial charge in [0, 0.05) is 38.4 Å². The maximum atomic E-state index is 12.1. The molecule has 1 fully saturated rings. The Morgan fingerprint density at radius 2 is 1.62 bits per heavy atom. The van der Waals surface area contributed by atoms with E-state index < -0.39 is 0 Å². The predicted octanol–water partition coefficient (Wildman–Crippen LogP) is 2.43. The van der Waals surface area contributed by atoms with Gasteiger partial charge in [-0.1, -0.05) is 48.0 Å². The summed E-state index contributed by atoms with van der Waals surface area (Å²) in [6.45, 7) is 6.93. The van der Waals surface area contributed by atoms with E-state index in [4.69, 9.17) is 0 Å². The molecule has 1 amide bonds. The van der Waals surface area contributed by atoms with Crippen molar-refractivity contribution in [3.63, 3.8) is 0 Å². The van der Waals surface area contributed by atoms with Gasteiger partial charge in [0.15, 0.2) is 0 Å². The number of piperazine rings is 1. The molecule has 1 aliphatic rings. The van der Waals surface area contributed by atoms with Crippen molar-refractivity contribution in [2.45, 2.75) is 13.5 Å². The van der Waals surface area contributed by atoms with Crippen molar-refractivity contribution in [1.82, 2.24) is 10.2 Å². The van der Waals surface area contributed by atoms with Crippen molar-refractivity contribution >= 4 is 11.6 Å². The fraction of sp³-hybridized carbons (Fsp3) is 0.350. The summed E-state index contributed by atoms with van der Waals surface area (Å²) in [6.07, 6.45) is 0. The van der Waals surface area contributed by atoms with Crippen LogP contribution in [0.3, 0.4) is 0 Å². The zero-order valence-electron chi connectivity index (χ0n) is 14.2. The van der Waals surface area contributed by atoms with E-state index in [9.17, 15) is 4.79 Å². The number of para-hydroxylation sites is 1. The molecule has 24 heavy (non-hydrogen) atoms. The lowest BCUT2D eigenvalue weighted by atomic mass is 10.1. The largest absolute Gasteiger partial charge is 0.369 e. The SMILES string of the molecule is Cc1ccc(CNC(=O)CN2CCN(c3ccccc3)CC2)cc1. The van der Waals surface area contributed by atoms with E-state index in [-0.39, 0.29) is 5.91 Å². The van der Waals surface area contributed by atoms with E-state index in [1.807, 2.05) is 6.07 Å². The highest BCUT2D eigenvalue weighted by Crippen LogP contribution is 2.15. The number of anilines is 1. The number of benzene rings is 2. The minimum Gasteiger partial charge on any atom is -0.369 e. The molecule has 1 heterocycles. The van der Waals surface area contributed by atoms with Gasteiger partial charge in [0.1, 0.15) is 0 Å². The number of carbonyl (C=O) groups is 1. The molecule has 1 N–H and O–H groups in total. The Morgan fingerprint density at radius 3 is 2.29 bits per heavy atom. The number of nitrogens with one attached hydrogen (secondary N) is 1. The van der Waals surface area contributed by atoms with Crippen molar-refractivity contribution in [3.05, 3.63) is 65.7 Å². The van der Waals surface area contributed by atoms with Gasteiger partial charge < -0.3 is 10.2 Å². The molecule has 4 nitrogen and oxygen atoms in total. The van der Waals surface area contributed by atoms with Gasteiger partial charge in [-0.2, -0.15) is 0 Å². The van der Waals surface area contributed by atoms with Crippen LogP contribution in [0.2, 0.25) is 0 Å². The number of hydrogen-bond acceptors (Lipinski definition) is 3. The van der Waals surface area contributed by atoms with Crippen LogP contribution in [0.5, 0.6) is 0 Å². The first-order valence-electron chi connectivity index (χ1n) is 8.55. The van der Waals surface area contributed by atoms with E-state index in [0.717, 1.165) is 31.7 Å². The third-order valence-corrected chi connectivity index (χ3v) is 4.47. The number of hydrogen-bond donors (Lipinski definition) is 1. The summed E-state index contributed by atoms with van der Waals surface area (Å²) in [4.78, 5) is 16.7. The average molecular weight is 323 g/mol. The molecule has 0 spiro atoms. The average Bonchev–Trinajstić information content (AvgIpc) is 2.63. The highest BCUT2D eigenvalue weighted by Gasteiger charge is 2.18. The monoisotopic (exact) mass is 323 g/mol. The maximum absolute atomic E-state index is 12.1. The minimum absolute atomic E-state index is 0.101. The number of aryl methyl sites for hydroxylation is 1. The lowest BCUT2D eigenvalue weighted by Crippen LogP contribution is -2.49. The molecule has 0 unspecified atom stereocenters. The van der Waals surface area contributed by atoms with Crippen LogP contribution in [0.4, 0.5) is 5.69 Å². The van der Waals surface area contributed by atoms with Gasteiger partial charge in [-0.05, 0) is 24.6 Å². The van der Waals surface area contributed by atoms with Crippen LogP contribution in [0.25, 0.3) is 0 Å². The first-order valence-corrected chi connectivity index (χ1v) is 8.55. The number of rotatable bonds is 5. The molecular formula is C20H25N3O. The molecule has 1 aliphatic heterocycles. The Morgan fingerprint density at radius 1 is 0.958 bits per heavy atom. The Kier molecular flexibility index (Phi) is 5.49. The second-order valence-electron chi connectivity index (χ2n) is 6.36. The molecule has 2 aromatic carbocycles. The van der Waals surface area contributed by atoms with E-state index in [0.29, 0.717) is 13.1 Å². The van der Waals surface area contributed by atoms with Gasteiger partial charge in [-0.3, -0.25) is 9.69 Å². The summed E-state index contributed by atoms with van der Waals surface area (Å²) >= 11 is 0. The van der Waals surface area contributed by atoms with E-state index in [2.05, 4.69) is 70.6 Å². The van der Waals surface area contributed by atoms with Crippen LogP contribution in [0, 0.1) is 6.92 Å². The normalized spacial score (nSPS) is 15.3. The maximum Gasteiger partial charge on any atom is 0.234 e. The Bertz CT molecular complexity index is 646. The Hall–Kier alpha value is -2.33. The molecular weight excluding hydrogens is 298 g/mol. The fourth-order valence-corrected chi connectivity index (χ4v) is 2.97. The van der Waals surface area contributed by atoms with Gasteiger partial charge in [-0.25, -0.2) is 0 Å². The van der Waals surface area contributed by atoms with Crippen LogP contribution >= 0.6 is 0 Å². The molecule has 0 aliphatic carbocycles. The molecule has 0 aromatic heterocycles. The minimum atomic E-state index is 0.101. The second-order valence-corrected chi connectivity index (χ2v) is 6.36. The van der Waals surface area contributed by atoms with Crippen molar-refractivity contribution in [2.75, 3.05) is 37.6 Å². The van der Waals surface area contributed by atoms with Crippen LogP contribution in [0.15, 0.2) is 54.6 Å². The first-order chi connectivity index (χ1) is 11.7. The molecule has 3 rings (SSSR count). The zero-order valence-corrected chi connectivity index (χ0v) is 14.2. The molecule has 126 valence electrons. The van der Waals surface area contributed by atoms with Crippen molar-refractivity contribution in [3.8, 4) is 0 Å². The summed E-state index contributed by atoms with van der Waals surface area (Å²) in [6, 6.07) is 18.7. The molecule has 0 saturated carbocycles. The number of nitrogens with zero attached hydrogens (tertiary/aromatic N) is 2. The van der Waals surface area contributed by atoms with Crippen LogP contribution < -0.4 is 10.2 Å². The van der Waals surface area contributed by atoms with Gasteiger partial charge in [-0.15, -0.1) is 0 Å². The third kappa shape index (κ3) is 4.59. The van der Waals surface area contributed by atoms with Crippen LogP contribution in [-0.4, -0.2) is 43.5 Å². The Labute approximate surface area is 144 Å². The van der Waals surface area contributed by atoms with Gasteiger partial charge in [0.25, 0.3) is 0 Å². The molecule has 1 saturated heterocycles. The zero-order chi connectivity index (χ0) is 16.8. The summed E-state index contributed by atoms with van der Waals surface area (Å²) in [7, 11) is 0. The van der Waals surface area contributed by atoms with Crippen LogP contribution in [0.1, 0.15) is 11.1 Å². The molecule has 4 heteroatoms. The van der Waals surface area contributed by atoms with Crippen molar-refractivity contribution < 1.29 is 4.79 Å². The van der Waals surface area contributed by atoms with E-state index in [1.54, 1.807) is 0 Å². The smallest absolute Gasteiger partial charge is 0.234 e. The summed E-state index contributed by atoms with van der Waals surface area (Å²) in [5, 5.41) is 3.01. The van der Waals surface area contributed by atoms with Crippen molar-refractivity contribution in [2.24, 2.45) is 0 Å². The van der Waals surface area contributed by atoms with E-state index >= 15 is 0 Å². The standard InChI is InChI=1S/C20H25N3O/c1-17-7-9-18(10-8-17)15-21-20(24)16-22-11-13-23(14-12-22)19-5-3-2-4-6-19/h2-10H,11-16H2,1H3,(H,21,24). The van der Waals surface area contributed by atoms with Crippen LogP contribution in [-0.2, 0) is 11.3 Å². The molecule has 0 bridgehead atoms. The quantitative estimate of drug-likeness (QED) is 0.918. The summed E-state index contributed by atoms with van der Waals surface area (Å²) in [5.41, 5.74) is 3.64. The third-order valence-electron chi connectivity index (χ3n) is 4.47. The topological polar surface area (TPSA) is 35.6 Å². The predicted molar refractivity (Wildman–Crippen MR) is 98.1 cm³/mol. The molecule has 0 atom stereocenters. The number of carbonyl (C=O) groups excluding carboxylic acids is 1. The van der Waals surface area contributed by atoms with E-state index in [1.165, 1.54) is 11.3 Å². The fourth-order valence-electron chi connectivity index (χ4n) is 2.97. The summed E-state index contributed by atoms with van der Waals surface area (Å²) in [5.74, 6) is 0.101. The molecule has 2 aromatic rings. The molecule has 0 radical (unpaired) electrons. The van der Waals surface area contributed by atoms with Gasteiger partial charge >= 0.3 is 0 Å². The number of amides is 1. The van der Waals surface area contributed by atoms with Crippen molar-refractivity contribution in [1.29, 1.82) is 0 Å². The lowest BCUT2D eigenvalue weighted by molar-refractivity contribution is -0.122. The second kappa shape index (κ2) is 7.97. The highest BCUT2D eigenvalue weighted by molar-refractivity contribution is 5.78. The first kappa shape index (κ1) is 16.5. The summed E-state index contributed by atoms with van der Waals surface area (Å²) < 4.78 is 0.